The number of pyridine rings is 1. The Kier molecular flexibility index (Phi) is 3.01. The van der Waals surface area contributed by atoms with Crippen molar-refractivity contribution in [3.8, 4) is 11.3 Å². The molecule has 0 radical (unpaired) electrons. The maximum atomic E-state index is 4.69. The van der Waals surface area contributed by atoms with Crippen molar-refractivity contribution in [1.82, 2.24) is 19.4 Å². The number of rotatable bonds is 3. The van der Waals surface area contributed by atoms with Crippen molar-refractivity contribution in [2.75, 3.05) is 5.32 Å². The van der Waals surface area contributed by atoms with E-state index >= 15 is 0 Å². The second-order valence-electron chi connectivity index (χ2n) is 4.82. The fourth-order valence-electron chi connectivity index (χ4n) is 2.38. The number of benzene rings is 1. The van der Waals surface area contributed by atoms with Gasteiger partial charge in [0.2, 0.25) is 0 Å². The number of fused-ring (bicyclic) bond motifs is 1. The van der Waals surface area contributed by atoms with E-state index in [4.69, 9.17) is 0 Å². The van der Waals surface area contributed by atoms with Crippen LogP contribution in [0.25, 0.3) is 16.9 Å². The zero-order chi connectivity index (χ0) is 14.8. The minimum atomic E-state index is 0.776. The Balaban J connectivity index is 1.91. The van der Waals surface area contributed by atoms with Crippen LogP contribution in [0.1, 0.15) is 0 Å². The van der Waals surface area contributed by atoms with Crippen LogP contribution in [0, 0.1) is 0 Å². The highest BCUT2D eigenvalue weighted by Gasteiger charge is 2.14. The molecule has 106 valence electrons. The molecule has 4 rings (SSSR count). The lowest BCUT2D eigenvalue weighted by atomic mass is 10.1. The second-order valence-corrected chi connectivity index (χ2v) is 4.82. The quantitative estimate of drug-likeness (QED) is 0.626. The number of nitrogens with zero attached hydrogens (tertiary/aromatic N) is 4. The number of anilines is 2. The minimum absolute atomic E-state index is 0.776. The molecule has 0 amide bonds. The van der Waals surface area contributed by atoms with Crippen LogP contribution < -0.4 is 5.32 Å². The first kappa shape index (κ1) is 12.5. The lowest BCUT2D eigenvalue weighted by Crippen LogP contribution is -1.98. The van der Waals surface area contributed by atoms with Gasteiger partial charge in [-0.05, 0) is 12.1 Å². The monoisotopic (exact) mass is 287 g/mol. The van der Waals surface area contributed by atoms with Gasteiger partial charge in [0.25, 0.3) is 0 Å². The lowest BCUT2D eigenvalue weighted by molar-refractivity contribution is 1.12. The van der Waals surface area contributed by atoms with Crippen LogP contribution in [-0.2, 0) is 0 Å². The van der Waals surface area contributed by atoms with Crippen molar-refractivity contribution in [3.63, 3.8) is 0 Å². The molecule has 4 aromatic rings. The van der Waals surface area contributed by atoms with Gasteiger partial charge < -0.3 is 5.32 Å². The number of aromatic nitrogens is 4. The van der Waals surface area contributed by atoms with Gasteiger partial charge in [-0.1, -0.05) is 36.4 Å². The van der Waals surface area contributed by atoms with E-state index in [2.05, 4.69) is 20.3 Å². The van der Waals surface area contributed by atoms with E-state index in [9.17, 15) is 0 Å². The summed E-state index contributed by atoms with van der Waals surface area (Å²) in [4.78, 5) is 13.2. The van der Waals surface area contributed by atoms with Crippen LogP contribution in [0.5, 0.6) is 0 Å². The molecule has 3 heterocycles. The Labute approximate surface area is 127 Å². The SMILES string of the molecule is c1ccc(-c2nc3cnccn3c2Nc2ccccn2)cc1. The fraction of sp³-hybridized carbons (Fsp3) is 0. The Morgan fingerprint density at radius 2 is 1.77 bits per heavy atom. The third-order valence-corrected chi connectivity index (χ3v) is 3.39. The largest absolute Gasteiger partial charge is 0.324 e. The van der Waals surface area contributed by atoms with E-state index < -0.39 is 0 Å². The zero-order valence-corrected chi connectivity index (χ0v) is 11.7. The summed E-state index contributed by atoms with van der Waals surface area (Å²) in [6.45, 7) is 0. The molecule has 0 aliphatic rings. The molecule has 22 heavy (non-hydrogen) atoms. The second kappa shape index (κ2) is 5.29. The van der Waals surface area contributed by atoms with Crippen LogP contribution in [0.2, 0.25) is 0 Å². The molecule has 0 aliphatic carbocycles. The van der Waals surface area contributed by atoms with Crippen LogP contribution in [-0.4, -0.2) is 19.4 Å². The summed E-state index contributed by atoms with van der Waals surface area (Å²) in [5, 5.41) is 3.36. The van der Waals surface area contributed by atoms with E-state index in [0.29, 0.717) is 0 Å². The van der Waals surface area contributed by atoms with Gasteiger partial charge >= 0.3 is 0 Å². The highest BCUT2D eigenvalue weighted by molar-refractivity contribution is 5.78. The normalized spacial score (nSPS) is 10.7. The third kappa shape index (κ3) is 2.18. The lowest BCUT2D eigenvalue weighted by Gasteiger charge is -2.07. The van der Waals surface area contributed by atoms with E-state index in [1.54, 1.807) is 18.6 Å². The number of imidazole rings is 1. The predicted octanol–water partition coefficient (Wildman–Crippen LogP) is 3.53. The number of hydrogen-bond acceptors (Lipinski definition) is 4. The summed E-state index contributed by atoms with van der Waals surface area (Å²) in [5.41, 5.74) is 2.71. The van der Waals surface area contributed by atoms with Crippen molar-refractivity contribution in [1.29, 1.82) is 0 Å². The van der Waals surface area contributed by atoms with Gasteiger partial charge in [0.1, 0.15) is 17.3 Å². The molecule has 0 aliphatic heterocycles. The molecule has 1 N–H and O–H groups in total. The van der Waals surface area contributed by atoms with Crippen molar-refractivity contribution in [2.24, 2.45) is 0 Å². The molecule has 0 atom stereocenters. The summed E-state index contributed by atoms with van der Waals surface area (Å²) in [5.74, 6) is 1.65. The third-order valence-electron chi connectivity index (χ3n) is 3.39. The van der Waals surface area contributed by atoms with Gasteiger partial charge in [0.15, 0.2) is 5.65 Å². The topological polar surface area (TPSA) is 55.1 Å². The maximum absolute atomic E-state index is 4.69. The molecule has 0 fully saturated rings. The number of hydrogen-bond donors (Lipinski definition) is 1. The summed E-state index contributed by atoms with van der Waals surface area (Å²) in [6.07, 6.45) is 7.14. The first-order chi connectivity index (χ1) is 10.9. The summed E-state index contributed by atoms with van der Waals surface area (Å²) in [7, 11) is 0. The summed E-state index contributed by atoms with van der Waals surface area (Å²) < 4.78 is 1.98. The average Bonchev–Trinajstić information content (AvgIpc) is 2.95. The van der Waals surface area contributed by atoms with Gasteiger partial charge in [-0.25, -0.2) is 9.97 Å². The molecular weight excluding hydrogens is 274 g/mol. The van der Waals surface area contributed by atoms with Crippen LogP contribution in [0.3, 0.4) is 0 Å². The van der Waals surface area contributed by atoms with Gasteiger partial charge in [-0.3, -0.25) is 9.38 Å². The van der Waals surface area contributed by atoms with Crippen LogP contribution >= 0.6 is 0 Å². The molecule has 0 unspecified atom stereocenters. The first-order valence-corrected chi connectivity index (χ1v) is 6.97. The van der Waals surface area contributed by atoms with Crippen molar-refractivity contribution in [2.45, 2.75) is 0 Å². The Bertz CT molecular complexity index is 900. The van der Waals surface area contributed by atoms with Crippen LogP contribution in [0.15, 0.2) is 73.3 Å². The van der Waals surface area contributed by atoms with Gasteiger partial charge in [0.05, 0.1) is 6.20 Å². The number of nitrogens with one attached hydrogen (secondary N) is 1. The molecule has 0 saturated carbocycles. The maximum Gasteiger partial charge on any atom is 0.157 e. The minimum Gasteiger partial charge on any atom is -0.324 e. The molecule has 1 aromatic carbocycles. The van der Waals surface area contributed by atoms with Crippen molar-refractivity contribution < 1.29 is 0 Å². The highest BCUT2D eigenvalue weighted by Crippen LogP contribution is 2.29. The molecule has 0 bridgehead atoms. The Morgan fingerprint density at radius 3 is 2.59 bits per heavy atom. The van der Waals surface area contributed by atoms with Gasteiger partial charge in [0, 0.05) is 24.2 Å². The van der Waals surface area contributed by atoms with Gasteiger partial charge in [-0.2, -0.15) is 0 Å². The van der Waals surface area contributed by atoms with E-state index in [-0.39, 0.29) is 0 Å². The van der Waals surface area contributed by atoms with Crippen molar-refractivity contribution in [3.05, 3.63) is 73.3 Å². The molecule has 5 heteroatoms. The molecule has 5 nitrogen and oxygen atoms in total. The van der Waals surface area contributed by atoms with E-state index in [1.165, 1.54) is 0 Å². The standard InChI is InChI=1S/C17H13N5/c1-2-6-13(7-3-1)16-17(20-14-8-4-5-9-19-14)22-11-10-18-12-15(22)21-16/h1-12H,(H,19,20). The highest BCUT2D eigenvalue weighted by atomic mass is 15.2. The molecular formula is C17H13N5. The summed E-state index contributed by atoms with van der Waals surface area (Å²) in [6, 6.07) is 15.8. The first-order valence-electron chi connectivity index (χ1n) is 6.97. The molecule has 3 aromatic heterocycles. The smallest absolute Gasteiger partial charge is 0.157 e. The van der Waals surface area contributed by atoms with Crippen molar-refractivity contribution >= 4 is 17.3 Å². The average molecular weight is 287 g/mol. The van der Waals surface area contributed by atoms with Crippen LogP contribution in [0.4, 0.5) is 11.6 Å². The predicted molar refractivity (Wildman–Crippen MR) is 85.9 cm³/mol. The van der Waals surface area contributed by atoms with Gasteiger partial charge in [-0.15, -0.1) is 0 Å². The summed E-state index contributed by atoms with van der Waals surface area (Å²) >= 11 is 0. The molecule has 0 spiro atoms. The Hall–Kier alpha value is -3.21. The fourth-order valence-corrected chi connectivity index (χ4v) is 2.38. The molecule has 0 saturated heterocycles. The zero-order valence-electron chi connectivity index (χ0n) is 11.7. The van der Waals surface area contributed by atoms with E-state index in [0.717, 1.165) is 28.5 Å². The van der Waals surface area contributed by atoms with E-state index in [1.807, 2.05) is 59.1 Å². The Morgan fingerprint density at radius 1 is 0.909 bits per heavy atom.